The van der Waals surface area contributed by atoms with Crippen molar-refractivity contribution in [2.24, 2.45) is 5.73 Å². The number of nitro benzene ring substituents is 1. The third-order valence-electron chi connectivity index (χ3n) is 2.68. The molecule has 0 aliphatic carbocycles. The summed E-state index contributed by atoms with van der Waals surface area (Å²) in [4.78, 5) is 31.6. The minimum Gasteiger partial charge on any atom is -0.480 e. The van der Waals surface area contributed by atoms with E-state index in [0.29, 0.717) is 5.56 Å². The average Bonchev–Trinajstić information content (AvgIpc) is 2.38. The van der Waals surface area contributed by atoms with E-state index in [1.807, 2.05) is 0 Å². The maximum absolute atomic E-state index is 11.0. The number of benzene rings is 1. The molecule has 0 heterocycles. The number of nitrogens with two attached hydrogens (primary N) is 1. The zero-order chi connectivity index (χ0) is 15.1. The van der Waals surface area contributed by atoms with Crippen LogP contribution in [0.2, 0.25) is 0 Å². The maximum atomic E-state index is 11.0. The summed E-state index contributed by atoms with van der Waals surface area (Å²) >= 11 is 0. The molecular formula is C12H15N3O5. The van der Waals surface area contributed by atoms with Crippen LogP contribution < -0.4 is 11.1 Å². The molecule has 0 aliphatic heterocycles. The van der Waals surface area contributed by atoms with Crippen LogP contribution in [0.15, 0.2) is 24.3 Å². The van der Waals surface area contributed by atoms with Crippen molar-refractivity contribution in [3.63, 3.8) is 0 Å². The van der Waals surface area contributed by atoms with E-state index >= 15 is 0 Å². The normalized spacial score (nSPS) is 11.8. The second-order valence-corrected chi connectivity index (χ2v) is 4.20. The Morgan fingerprint density at radius 1 is 1.35 bits per heavy atom. The summed E-state index contributed by atoms with van der Waals surface area (Å²) in [7, 11) is 0. The van der Waals surface area contributed by atoms with Gasteiger partial charge in [0.05, 0.1) is 4.92 Å². The molecule has 0 saturated carbocycles. The molecule has 0 aliphatic rings. The van der Waals surface area contributed by atoms with E-state index in [1.54, 1.807) is 0 Å². The van der Waals surface area contributed by atoms with Crippen LogP contribution in [-0.4, -0.2) is 27.9 Å². The number of nitro groups is 1. The highest BCUT2D eigenvalue weighted by Gasteiger charge is 2.17. The Morgan fingerprint density at radius 3 is 2.40 bits per heavy atom. The Balaban J connectivity index is 2.56. The number of nitrogens with zero attached hydrogens (tertiary/aromatic N) is 1. The van der Waals surface area contributed by atoms with Gasteiger partial charge in [0.15, 0.2) is 0 Å². The first-order valence-electron chi connectivity index (χ1n) is 5.88. The Hall–Kier alpha value is -2.48. The van der Waals surface area contributed by atoms with Crippen LogP contribution in [0.4, 0.5) is 5.69 Å². The van der Waals surface area contributed by atoms with E-state index in [1.165, 1.54) is 24.3 Å². The first-order valence-corrected chi connectivity index (χ1v) is 5.88. The Morgan fingerprint density at radius 2 is 1.95 bits per heavy atom. The van der Waals surface area contributed by atoms with Crippen LogP contribution in [0.3, 0.4) is 0 Å². The Labute approximate surface area is 114 Å². The summed E-state index contributed by atoms with van der Waals surface area (Å²) in [5.74, 6) is -1.64. The third kappa shape index (κ3) is 5.02. The van der Waals surface area contributed by atoms with Crippen molar-refractivity contribution in [3.8, 4) is 0 Å². The monoisotopic (exact) mass is 281 g/mol. The van der Waals surface area contributed by atoms with Gasteiger partial charge in [-0.2, -0.15) is 0 Å². The van der Waals surface area contributed by atoms with Gasteiger partial charge in [-0.15, -0.1) is 0 Å². The van der Waals surface area contributed by atoms with Gasteiger partial charge in [-0.3, -0.25) is 19.7 Å². The van der Waals surface area contributed by atoms with E-state index in [9.17, 15) is 19.7 Å². The number of carboxylic acids is 1. The zero-order valence-electron chi connectivity index (χ0n) is 10.6. The van der Waals surface area contributed by atoms with Crippen LogP contribution in [0.25, 0.3) is 0 Å². The van der Waals surface area contributed by atoms with Gasteiger partial charge in [0.2, 0.25) is 5.91 Å². The number of amides is 1. The molecule has 0 fully saturated rings. The van der Waals surface area contributed by atoms with Gasteiger partial charge in [0.25, 0.3) is 5.69 Å². The summed E-state index contributed by atoms with van der Waals surface area (Å²) in [6.45, 7) is 0.230. The first-order chi connectivity index (χ1) is 9.40. The molecule has 8 nitrogen and oxygen atoms in total. The second-order valence-electron chi connectivity index (χ2n) is 4.20. The molecule has 1 aromatic carbocycles. The molecule has 8 heteroatoms. The molecule has 0 spiro atoms. The Bertz CT molecular complexity index is 500. The fourth-order valence-corrected chi connectivity index (χ4v) is 1.58. The highest BCUT2D eigenvalue weighted by molar-refractivity contribution is 5.77. The fraction of sp³-hybridized carbons (Fsp3) is 0.333. The molecule has 1 atom stereocenters. The average molecular weight is 281 g/mol. The molecule has 0 radical (unpaired) electrons. The molecule has 20 heavy (non-hydrogen) atoms. The smallest absolute Gasteiger partial charge is 0.320 e. The van der Waals surface area contributed by atoms with Crippen LogP contribution in [0.5, 0.6) is 0 Å². The van der Waals surface area contributed by atoms with Gasteiger partial charge in [-0.1, -0.05) is 12.1 Å². The van der Waals surface area contributed by atoms with Crippen molar-refractivity contribution in [2.45, 2.75) is 25.4 Å². The highest BCUT2D eigenvalue weighted by atomic mass is 16.6. The predicted octanol–water partition coefficient (Wildman–Crippen LogP) is 0.403. The summed E-state index contributed by atoms with van der Waals surface area (Å²) < 4.78 is 0. The number of primary amides is 1. The van der Waals surface area contributed by atoms with Gasteiger partial charge in [-0.05, 0) is 12.0 Å². The lowest BCUT2D eigenvalue weighted by molar-refractivity contribution is -0.384. The Kier molecular flexibility index (Phi) is 5.60. The standard InChI is InChI=1S/C12H15N3O5/c13-11(16)6-5-10(12(17)18)14-7-8-1-3-9(4-2-8)15(19)20/h1-4,10,14H,5-7H2,(H2,13,16)(H,17,18). The van der Waals surface area contributed by atoms with Gasteiger partial charge in [0.1, 0.15) is 6.04 Å². The van der Waals surface area contributed by atoms with E-state index in [0.717, 1.165) is 0 Å². The number of nitrogens with one attached hydrogen (secondary N) is 1. The number of carbonyl (C=O) groups excluding carboxylic acids is 1. The number of hydrogen-bond donors (Lipinski definition) is 3. The molecule has 0 saturated heterocycles. The first kappa shape index (κ1) is 15.6. The van der Waals surface area contributed by atoms with Crippen molar-refractivity contribution < 1.29 is 19.6 Å². The van der Waals surface area contributed by atoms with Gasteiger partial charge < -0.3 is 16.2 Å². The van der Waals surface area contributed by atoms with Crippen LogP contribution in [0.1, 0.15) is 18.4 Å². The number of carboxylic acid groups (broad SMARTS) is 1. The summed E-state index contributed by atoms with van der Waals surface area (Å²) in [5, 5.41) is 22.2. The van der Waals surface area contributed by atoms with Crippen molar-refractivity contribution in [1.29, 1.82) is 0 Å². The summed E-state index contributed by atoms with van der Waals surface area (Å²) in [5.41, 5.74) is 5.65. The second kappa shape index (κ2) is 7.19. The molecule has 0 bridgehead atoms. The number of carbonyl (C=O) groups is 2. The quantitative estimate of drug-likeness (QED) is 0.466. The van der Waals surface area contributed by atoms with Crippen molar-refractivity contribution in [3.05, 3.63) is 39.9 Å². The molecule has 1 unspecified atom stereocenters. The lowest BCUT2D eigenvalue weighted by Gasteiger charge is -2.13. The van der Waals surface area contributed by atoms with E-state index in [2.05, 4.69) is 5.32 Å². The van der Waals surface area contributed by atoms with Crippen molar-refractivity contribution >= 4 is 17.6 Å². The summed E-state index contributed by atoms with van der Waals surface area (Å²) in [6.07, 6.45) is 0.0713. The molecule has 108 valence electrons. The molecule has 0 aromatic heterocycles. The highest BCUT2D eigenvalue weighted by Crippen LogP contribution is 2.12. The molecule has 1 amide bonds. The topological polar surface area (TPSA) is 136 Å². The molecular weight excluding hydrogens is 266 g/mol. The molecule has 4 N–H and O–H groups in total. The largest absolute Gasteiger partial charge is 0.480 e. The predicted molar refractivity (Wildman–Crippen MR) is 69.8 cm³/mol. The van der Waals surface area contributed by atoms with Crippen molar-refractivity contribution in [1.82, 2.24) is 5.32 Å². The van der Waals surface area contributed by atoms with Gasteiger partial charge in [0, 0.05) is 25.1 Å². The SMILES string of the molecule is NC(=O)CCC(NCc1ccc([N+](=O)[O-])cc1)C(=O)O. The van der Waals surface area contributed by atoms with E-state index < -0.39 is 22.8 Å². The van der Waals surface area contributed by atoms with Gasteiger partial charge >= 0.3 is 5.97 Å². The van der Waals surface area contributed by atoms with Crippen molar-refractivity contribution in [2.75, 3.05) is 0 Å². The molecule has 1 aromatic rings. The number of hydrogen-bond acceptors (Lipinski definition) is 5. The van der Waals surface area contributed by atoms with E-state index in [-0.39, 0.29) is 25.1 Å². The lowest BCUT2D eigenvalue weighted by atomic mass is 10.1. The summed E-state index contributed by atoms with van der Waals surface area (Å²) in [6, 6.07) is 4.88. The number of non-ortho nitro benzene ring substituents is 1. The zero-order valence-corrected chi connectivity index (χ0v) is 10.6. The number of rotatable bonds is 8. The minimum atomic E-state index is -1.08. The maximum Gasteiger partial charge on any atom is 0.320 e. The van der Waals surface area contributed by atoms with E-state index in [4.69, 9.17) is 10.8 Å². The van der Waals surface area contributed by atoms with Crippen LogP contribution in [0, 0.1) is 10.1 Å². The van der Waals surface area contributed by atoms with Crippen LogP contribution in [-0.2, 0) is 16.1 Å². The fourth-order valence-electron chi connectivity index (χ4n) is 1.58. The third-order valence-corrected chi connectivity index (χ3v) is 2.68. The molecule has 1 rings (SSSR count). The van der Waals surface area contributed by atoms with Crippen LogP contribution >= 0.6 is 0 Å². The number of aliphatic carboxylic acids is 1. The minimum absolute atomic E-state index is 0.0236. The van der Waals surface area contributed by atoms with Gasteiger partial charge in [-0.25, -0.2) is 0 Å². The lowest BCUT2D eigenvalue weighted by Crippen LogP contribution is -2.37.